The molecule has 5 aromatic carbocycles. The number of fused-ring (bicyclic) bond motifs is 5. The van der Waals surface area contributed by atoms with E-state index in [0.717, 1.165) is 16.7 Å². The second-order valence-corrected chi connectivity index (χ2v) is 11.6. The largest absolute Gasteiger partial charge is 0.208 e. The highest BCUT2D eigenvalue weighted by Gasteiger charge is 2.43. The minimum absolute atomic E-state index is 0.193. The van der Waals surface area contributed by atoms with Gasteiger partial charge in [0.1, 0.15) is 0 Å². The number of benzene rings is 5. The average Bonchev–Trinajstić information content (AvgIpc) is 3.34. The number of hydrogen-bond acceptors (Lipinski definition) is 3. The zero-order valence-corrected chi connectivity index (χ0v) is 23.5. The van der Waals surface area contributed by atoms with Gasteiger partial charge >= 0.3 is 0 Å². The molecule has 0 bridgehead atoms. The number of rotatable bonds is 4. The molecule has 8 rings (SSSR count). The molecule has 0 amide bonds. The highest BCUT2D eigenvalue weighted by molar-refractivity contribution is 5.85. The van der Waals surface area contributed by atoms with Crippen LogP contribution in [-0.4, -0.2) is 15.0 Å². The highest BCUT2D eigenvalue weighted by atomic mass is 15.0. The van der Waals surface area contributed by atoms with Gasteiger partial charge in [0.05, 0.1) is 0 Å². The lowest BCUT2D eigenvalue weighted by molar-refractivity contribution is 0.353. The maximum atomic E-state index is 4.90. The zero-order valence-electron chi connectivity index (χ0n) is 23.5. The predicted molar refractivity (Wildman–Crippen MR) is 171 cm³/mol. The molecule has 1 aromatic heterocycles. The number of aromatic nitrogens is 3. The van der Waals surface area contributed by atoms with Gasteiger partial charge in [0.2, 0.25) is 0 Å². The Kier molecular flexibility index (Phi) is 6.03. The summed E-state index contributed by atoms with van der Waals surface area (Å²) in [4.78, 5) is 14.6. The third-order valence-electron chi connectivity index (χ3n) is 9.15. The fraction of sp³-hybridized carbons (Fsp3) is 0.154. The van der Waals surface area contributed by atoms with Crippen LogP contribution >= 0.6 is 0 Å². The molecule has 0 saturated heterocycles. The van der Waals surface area contributed by atoms with Crippen LogP contribution in [0.2, 0.25) is 0 Å². The SMILES string of the molecule is c1ccc(-c2nc(-c3ccccc3)nc(-c3ccc(-c4ccc5c(c4)-c4ccccc4C54CCCCC4)cc3)n2)cc1. The summed E-state index contributed by atoms with van der Waals surface area (Å²) in [5.41, 5.74) is 11.4. The first-order valence-electron chi connectivity index (χ1n) is 15.0. The van der Waals surface area contributed by atoms with Crippen LogP contribution in [0.5, 0.6) is 0 Å². The molecule has 0 atom stereocenters. The minimum atomic E-state index is 0.193. The summed E-state index contributed by atoms with van der Waals surface area (Å²) in [5.74, 6) is 2.03. The molecule has 3 nitrogen and oxygen atoms in total. The van der Waals surface area contributed by atoms with Crippen molar-refractivity contribution in [3.8, 4) is 56.4 Å². The van der Waals surface area contributed by atoms with Crippen molar-refractivity contribution in [3.05, 3.63) is 139 Å². The molecule has 6 aromatic rings. The van der Waals surface area contributed by atoms with Gasteiger partial charge in [0.15, 0.2) is 17.5 Å². The second-order valence-electron chi connectivity index (χ2n) is 11.6. The van der Waals surface area contributed by atoms with Gasteiger partial charge < -0.3 is 0 Å². The van der Waals surface area contributed by atoms with E-state index in [9.17, 15) is 0 Å². The van der Waals surface area contributed by atoms with Crippen molar-refractivity contribution in [1.82, 2.24) is 15.0 Å². The predicted octanol–water partition coefficient (Wildman–Crippen LogP) is 9.77. The van der Waals surface area contributed by atoms with E-state index in [1.165, 1.54) is 65.5 Å². The molecule has 0 radical (unpaired) electrons. The van der Waals surface area contributed by atoms with Crippen molar-refractivity contribution in [3.63, 3.8) is 0 Å². The molecule has 2 aliphatic rings. The van der Waals surface area contributed by atoms with Gasteiger partial charge in [-0.25, -0.2) is 15.0 Å². The van der Waals surface area contributed by atoms with Gasteiger partial charge in [-0.3, -0.25) is 0 Å². The fourth-order valence-electron chi connectivity index (χ4n) is 7.09. The maximum Gasteiger partial charge on any atom is 0.164 e. The summed E-state index contributed by atoms with van der Waals surface area (Å²) in [6, 6.07) is 45.2. The van der Waals surface area contributed by atoms with Crippen LogP contribution in [-0.2, 0) is 5.41 Å². The molecule has 1 saturated carbocycles. The average molecular weight is 542 g/mol. The number of nitrogens with zero attached hydrogens (tertiary/aromatic N) is 3. The van der Waals surface area contributed by atoms with E-state index in [4.69, 9.17) is 15.0 Å². The summed E-state index contributed by atoms with van der Waals surface area (Å²) in [6.45, 7) is 0. The van der Waals surface area contributed by atoms with Crippen LogP contribution in [0.4, 0.5) is 0 Å². The van der Waals surface area contributed by atoms with Crippen molar-refractivity contribution in [2.24, 2.45) is 0 Å². The maximum absolute atomic E-state index is 4.90. The Morgan fingerprint density at radius 1 is 0.381 bits per heavy atom. The van der Waals surface area contributed by atoms with E-state index in [1.54, 1.807) is 0 Å². The fourth-order valence-corrected chi connectivity index (χ4v) is 7.09. The number of hydrogen-bond donors (Lipinski definition) is 0. The molecule has 1 heterocycles. The van der Waals surface area contributed by atoms with Crippen molar-refractivity contribution < 1.29 is 0 Å². The summed E-state index contributed by atoms with van der Waals surface area (Å²) in [7, 11) is 0. The smallest absolute Gasteiger partial charge is 0.164 e. The lowest BCUT2D eigenvalue weighted by Gasteiger charge is -2.36. The van der Waals surface area contributed by atoms with Gasteiger partial charge in [0.25, 0.3) is 0 Å². The van der Waals surface area contributed by atoms with Crippen molar-refractivity contribution in [2.75, 3.05) is 0 Å². The Balaban J connectivity index is 1.18. The molecule has 2 aliphatic carbocycles. The lowest BCUT2D eigenvalue weighted by atomic mass is 9.68. The van der Waals surface area contributed by atoms with Gasteiger partial charge in [0, 0.05) is 22.1 Å². The van der Waals surface area contributed by atoms with Gasteiger partial charge in [-0.05, 0) is 52.3 Å². The Morgan fingerprint density at radius 2 is 0.857 bits per heavy atom. The first kappa shape index (κ1) is 24.9. The van der Waals surface area contributed by atoms with E-state index in [0.29, 0.717) is 17.5 Å². The van der Waals surface area contributed by atoms with Crippen LogP contribution in [0.15, 0.2) is 127 Å². The minimum Gasteiger partial charge on any atom is -0.208 e. The Bertz CT molecular complexity index is 1830. The first-order chi connectivity index (χ1) is 20.8. The summed E-state index contributed by atoms with van der Waals surface area (Å²) in [6.07, 6.45) is 6.49. The molecule has 0 N–H and O–H groups in total. The van der Waals surface area contributed by atoms with E-state index < -0.39 is 0 Å². The lowest BCUT2D eigenvalue weighted by Crippen LogP contribution is -2.27. The van der Waals surface area contributed by atoms with Crippen LogP contribution in [0, 0.1) is 0 Å². The normalized spacial score (nSPS) is 14.9. The summed E-state index contributed by atoms with van der Waals surface area (Å²) >= 11 is 0. The molecule has 1 spiro atoms. The van der Waals surface area contributed by atoms with Crippen LogP contribution in [0.25, 0.3) is 56.4 Å². The molecule has 0 aliphatic heterocycles. The van der Waals surface area contributed by atoms with E-state index in [1.807, 2.05) is 60.7 Å². The zero-order chi connectivity index (χ0) is 27.9. The van der Waals surface area contributed by atoms with Gasteiger partial charge in [-0.15, -0.1) is 0 Å². The molecule has 3 heteroatoms. The quantitative estimate of drug-likeness (QED) is 0.223. The standard InChI is InChI=1S/C39H31N3/c1-4-12-28(13-5-1)36-40-37(29-14-6-2-7-15-29)42-38(41-36)30-20-18-27(19-21-30)31-22-23-35-33(26-31)32-16-8-9-17-34(32)39(35)24-10-3-11-25-39/h1-2,4-9,12-23,26H,3,10-11,24-25H2. The van der Waals surface area contributed by atoms with Crippen LogP contribution < -0.4 is 0 Å². The topological polar surface area (TPSA) is 38.7 Å². The van der Waals surface area contributed by atoms with Gasteiger partial charge in [-0.2, -0.15) is 0 Å². The van der Waals surface area contributed by atoms with Crippen molar-refractivity contribution >= 4 is 0 Å². The Morgan fingerprint density at radius 3 is 1.48 bits per heavy atom. The molecular weight excluding hydrogens is 510 g/mol. The van der Waals surface area contributed by atoms with Crippen LogP contribution in [0.1, 0.15) is 43.2 Å². The third kappa shape index (κ3) is 4.16. The summed E-state index contributed by atoms with van der Waals surface area (Å²) < 4.78 is 0. The molecular formula is C39H31N3. The van der Waals surface area contributed by atoms with E-state index in [2.05, 4.69) is 66.7 Å². The van der Waals surface area contributed by atoms with E-state index in [-0.39, 0.29) is 5.41 Å². The second kappa shape index (κ2) is 10.2. The Hall–Kier alpha value is -4.89. The molecule has 0 unspecified atom stereocenters. The molecule has 1 fully saturated rings. The molecule has 202 valence electrons. The highest BCUT2D eigenvalue weighted by Crippen LogP contribution is 2.56. The van der Waals surface area contributed by atoms with Crippen molar-refractivity contribution in [2.45, 2.75) is 37.5 Å². The third-order valence-corrected chi connectivity index (χ3v) is 9.15. The monoisotopic (exact) mass is 541 g/mol. The molecule has 42 heavy (non-hydrogen) atoms. The van der Waals surface area contributed by atoms with Crippen molar-refractivity contribution in [1.29, 1.82) is 0 Å². The summed E-state index contributed by atoms with van der Waals surface area (Å²) in [5, 5.41) is 0. The van der Waals surface area contributed by atoms with Crippen LogP contribution in [0.3, 0.4) is 0 Å². The van der Waals surface area contributed by atoms with Gasteiger partial charge in [-0.1, -0.05) is 141 Å². The first-order valence-corrected chi connectivity index (χ1v) is 15.0. The Labute approximate surface area is 247 Å². The van der Waals surface area contributed by atoms with E-state index >= 15 is 0 Å².